The summed E-state index contributed by atoms with van der Waals surface area (Å²) in [7, 11) is 1.86. The highest BCUT2D eigenvalue weighted by atomic mass is 32.2. The Bertz CT molecular complexity index is 351. The Kier molecular flexibility index (Phi) is 6.11. The number of rotatable bonds is 7. The fourth-order valence-corrected chi connectivity index (χ4v) is 2.26. The van der Waals surface area contributed by atoms with Crippen molar-refractivity contribution < 1.29 is 4.79 Å². The predicted octanol–water partition coefficient (Wildman–Crippen LogP) is 1.79. The van der Waals surface area contributed by atoms with E-state index >= 15 is 0 Å². The van der Waals surface area contributed by atoms with Crippen LogP contribution in [0.25, 0.3) is 0 Å². The van der Waals surface area contributed by atoms with Gasteiger partial charge in [-0.15, -0.1) is 0 Å². The highest BCUT2D eigenvalue weighted by Crippen LogP contribution is 2.04. The van der Waals surface area contributed by atoms with Gasteiger partial charge in [0.2, 0.25) is 5.91 Å². The van der Waals surface area contributed by atoms with Gasteiger partial charge in [-0.25, -0.2) is 4.98 Å². The topological polar surface area (TPSA) is 38.1 Å². The Labute approximate surface area is 107 Å². The number of aromatic nitrogens is 2. The summed E-state index contributed by atoms with van der Waals surface area (Å²) in [5, 5.41) is 0. The highest BCUT2D eigenvalue weighted by Gasteiger charge is 2.08. The average Bonchev–Trinajstić information content (AvgIpc) is 2.72. The van der Waals surface area contributed by atoms with Crippen LogP contribution in [0.3, 0.4) is 0 Å². The van der Waals surface area contributed by atoms with Crippen LogP contribution in [0.5, 0.6) is 0 Å². The van der Waals surface area contributed by atoms with E-state index in [1.54, 1.807) is 22.9 Å². The molecule has 96 valence electrons. The van der Waals surface area contributed by atoms with E-state index in [0.29, 0.717) is 5.75 Å². The van der Waals surface area contributed by atoms with Crippen LogP contribution in [0.1, 0.15) is 19.2 Å². The summed E-state index contributed by atoms with van der Waals surface area (Å²) in [5.41, 5.74) is 0. The summed E-state index contributed by atoms with van der Waals surface area (Å²) in [6.45, 7) is 5.65. The first-order chi connectivity index (χ1) is 8.15. The van der Waals surface area contributed by atoms with Gasteiger partial charge < -0.3 is 9.47 Å². The van der Waals surface area contributed by atoms with Gasteiger partial charge in [-0.2, -0.15) is 11.8 Å². The van der Waals surface area contributed by atoms with E-state index in [4.69, 9.17) is 0 Å². The maximum Gasteiger partial charge on any atom is 0.232 e. The highest BCUT2D eigenvalue weighted by molar-refractivity contribution is 7.99. The lowest BCUT2D eigenvalue weighted by atomic mass is 10.5. The second-order valence-electron chi connectivity index (χ2n) is 4.04. The van der Waals surface area contributed by atoms with Gasteiger partial charge in [0, 0.05) is 32.5 Å². The van der Waals surface area contributed by atoms with Crippen LogP contribution in [0.15, 0.2) is 12.4 Å². The second kappa shape index (κ2) is 7.37. The number of carbonyl (C=O) groups is 1. The molecule has 1 aromatic rings. The zero-order chi connectivity index (χ0) is 12.7. The van der Waals surface area contributed by atoms with Crippen LogP contribution in [0, 0.1) is 6.92 Å². The molecular weight excluding hydrogens is 234 g/mol. The number of carbonyl (C=O) groups excluding carboxylic acids is 1. The smallest absolute Gasteiger partial charge is 0.232 e. The second-order valence-corrected chi connectivity index (χ2v) is 5.14. The predicted molar refractivity (Wildman–Crippen MR) is 72.2 cm³/mol. The van der Waals surface area contributed by atoms with Crippen molar-refractivity contribution in [3.05, 3.63) is 18.2 Å². The molecule has 0 radical (unpaired) electrons. The third kappa shape index (κ3) is 4.81. The summed E-state index contributed by atoms with van der Waals surface area (Å²) in [6.07, 6.45) is 4.85. The lowest BCUT2D eigenvalue weighted by Gasteiger charge is -2.17. The molecule has 0 aliphatic rings. The maximum absolute atomic E-state index is 11.7. The Morgan fingerprint density at radius 3 is 2.94 bits per heavy atom. The molecule has 0 aromatic carbocycles. The molecule has 5 heteroatoms. The van der Waals surface area contributed by atoms with Crippen LogP contribution < -0.4 is 0 Å². The van der Waals surface area contributed by atoms with E-state index in [1.165, 1.54) is 0 Å². The van der Waals surface area contributed by atoms with Gasteiger partial charge in [-0.3, -0.25) is 4.79 Å². The minimum Gasteiger partial charge on any atom is -0.343 e. The number of aryl methyl sites for hydroxylation is 1. The number of hydrogen-bond donors (Lipinski definition) is 0. The van der Waals surface area contributed by atoms with Gasteiger partial charge in [-0.1, -0.05) is 6.92 Å². The zero-order valence-corrected chi connectivity index (χ0v) is 11.7. The number of imidazole rings is 1. The van der Waals surface area contributed by atoms with Crippen LogP contribution >= 0.6 is 11.8 Å². The van der Waals surface area contributed by atoms with E-state index in [9.17, 15) is 4.79 Å². The molecule has 1 aromatic heterocycles. The average molecular weight is 255 g/mol. The lowest BCUT2D eigenvalue weighted by Crippen LogP contribution is -2.31. The van der Waals surface area contributed by atoms with Crippen LogP contribution in [-0.4, -0.2) is 45.5 Å². The minimum absolute atomic E-state index is 0.209. The van der Waals surface area contributed by atoms with Gasteiger partial charge in [-0.05, 0) is 19.1 Å². The van der Waals surface area contributed by atoms with E-state index in [0.717, 1.165) is 31.1 Å². The van der Waals surface area contributed by atoms with Crippen LogP contribution in [0.4, 0.5) is 0 Å². The lowest BCUT2D eigenvalue weighted by molar-refractivity contribution is -0.127. The third-order valence-corrected chi connectivity index (χ3v) is 3.75. The molecule has 0 atom stereocenters. The summed E-state index contributed by atoms with van der Waals surface area (Å²) in [6, 6.07) is 0. The van der Waals surface area contributed by atoms with Crippen LogP contribution in [-0.2, 0) is 11.3 Å². The molecule has 0 fully saturated rings. The van der Waals surface area contributed by atoms with Crippen molar-refractivity contribution in [1.82, 2.24) is 14.5 Å². The Hall–Kier alpha value is -0.970. The van der Waals surface area contributed by atoms with Gasteiger partial charge in [0.15, 0.2) is 0 Å². The van der Waals surface area contributed by atoms with Gasteiger partial charge in [0.05, 0.1) is 5.75 Å². The van der Waals surface area contributed by atoms with Crippen molar-refractivity contribution in [3.8, 4) is 0 Å². The Balaban J connectivity index is 2.27. The largest absolute Gasteiger partial charge is 0.343 e. The zero-order valence-electron chi connectivity index (χ0n) is 10.8. The van der Waals surface area contributed by atoms with E-state index in [2.05, 4.69) is 16.5 Å². The van der Waals surface area contributed by atoms with Crippen molar-refractivity contribution in [2.24, 2.45) is 0 Å². The third-order valence-electron chi connectivity index (χ3n) is 2.60. The normalized spacial score (nSPS) is 10.5. The molecule has 1 amide bonds. The van der Waals surface area contributed by atoms with Gasteiger partial charge in [0.1, 0.15) is 5.82 Å². The van der Waals surface area contributed by atoms with Gasteiger partial charge in [0.25, 0.3) is 0 Å². The molecule has 0 spiro atoms. The number of amides is 1. The number of nitrogens with zero attached hydrogens (tertiary/aromatic N) is 3. The van der Waals surface area contributed by atoms with Gasteiger partial charge >= 0.3 is 0 Å². The van der Waals surface area contributed by atoms with E-state index < -0.39 is 0 Å². The molecular formula is C12H21N3OS. The first-order valence-electron chi connectivity index (χ1n) is 5.94. The molecule has 1 heterocycles. The molecule has 0 saturated carbocycles. The maximum atomic E-state index is 11.7. The van der Waals surface area contributed by atoms with Crippen molar-refractivity contribution >= 4 is 17.7 Å². The van der Waals surface area contributed by atoms with E-state index in [-0.39, 0.29) is 5.91 Å². The standard InChI is InChI=1S/C12H21N3OS/c1-4-9-17-10-12(16)14(3)7-8-15-6-5-13-11(15)2/h5-6H,4,7-10H2,1-3H3. The quantitative estimate of drug-likeness (QED) is 0.697. The molecule has 4 nitrogen and oxygen atoms in total. The van der Waals surface area contributed by atoms with Crippen molar-refractivity contribution in [1.29, 1.82) is 0 Å². The summed E-state index contributed by atoms with van der Waals surface area (Å²) < 4.78 is 2.06. The molecule has 0 bridgehead atoms. The Morgan fingerprint density at radius 2 is 2.35 bits per heavy atom. The number of hydrogen-bond acceptors (Lipinski definition) is 3. The van der Waals surface area contributed by atoms with Crippen molar-refractivity contribution in [2.45, 2.75) is 26.8 Å². The van der Waals surface area contributed by atoms with Crippen molar-refractivity contribution in [2.75, 3.05) is 25.1 Å². The monoisotopic (exact) mass is 255 g/mol. The molecule has 0 aliphatic heterocycles. The number of thioether (sulfide) groups is 1. The molecule has 0 N–H and O–H groups in total. The first-order valence-corrected chi connectivity index (χ1v) is 7.10. The first kappa shape index (κ1) is 14.1. The van der Waals surface area contributed by atoms with Crippen molar-refractivity contribution in [3.63, 3.8) is 0 Å². The van der Waals surface area contributed by atoms with E-state index in [1.807, 2.05) is 20.2 Å². The minimum atomic E-state index is 0.209. The molecule has 17 heavy (non-hydrogen) atoms. The summed E-state index contributed by atoms with van der Waals surface area (Å²) in [4.78, 5) is 17.7. The fourth-order valence-electron chi connectivity index (χ4n) is 1.44. The summed E-state index contributed by atoms with van der Waals surface area (Å²) in [5.74, 6) is 2.85. The molecule has 0 unspecified atom stereocenters. The summed E-state index contributed by atoms with van der Waals surface area (Å²) >= 11 is 1.71. The fraction of sp³-hybridized carbons (Fsp3) is 0.667. The molecule has 1 rings (SSSR count). The SMILES string of the molecule is CCCSCC(=O)N(C)CCn1ccnc1C. The Morgan fingerprint density at radius 1 is 1.59 bits per heavy atom. The number of likely N-dealkylation sites (N-methyl/N-ethyl adjacent to an activating group) is 1. The molecule has 0 saturated heterocycles. The van der Waals surface area contributed by atoms with Crippen LogP contribution in [0.2, 0.25) is 0 Å². The molecule has 0 aliphatic carbocycles.